The van der Waals surface area contributed by atoms with E-state index in [1.807, 2.05) is 31.3 Å². The van der Waals surface area contributed by atoms with Crippen molar-refractivity contribution in [3.8, 4) is 21.0 Å². The van der Waals surface area contributed by atoms with Gasteiger partial charge in [0.05, 0.1) is 28.2 Å². The Morgan fingerprint density at radius 3 is 2.53 bits per heavy atom. The van der Waals surface area contributed by atoms with Crippen LogP contribution in [0.1, 0.15) is 58.7 Å². The van der Waals surface area contributed by atoms with Crippen LogP contribution in [0.3, 0.4) is 0 Å². The van der Waals surface area contributed by atoms with E-state index in [1.165, 1.54) is 63.9 Å². The molecule has 0 radical (unpaired) electrons. The minimum Gasteiger partial charge on any atom is -0.338 e. The van der Waals surface area contributed by atoms with Crippen LogP contribution in [0.25, 0.3) is 43.0 Å². The summed E-state index contributed by atoms with van der Waals surface area (Å²) in [5, 5.41) is 2.04. The highest BCUT2D eigenvalue weighted by Crippen LogP contribution is 2.53. The van der Waals surface area contributed by atoms with Crippen molar-refractivity contribution in [1.82, 2.24) is 18.7 Å². The molecule has 3 aromatic carbocycles. The molecule has 9 heteroatoms. The smallest absolute Gasteiger partial charge is 0.164 e. The van der Waals surface area contributed by atoms with E-state index in [0.29, 0.717) is 17.7 Å². The zero-order chi connectivity index (χ0) is 31.1. The second-order valence-corrected chi connectivity index (χ2v) is 14.5. The molecule has 8 rings (SSSR count). The summed E-state index contributed by atoms with van der Waals surface area (Å²) < 4.78 is 8.70. The van der Waals surface area contributed by atoms with E-state index in [9.17, 15) is 0 Å². The molecule has 2 atom stereocenters. The zero-order valence-electron chi connectivity index (χ0n) is 25.6. The lowest BCUT2D eigenvalue weighted by Crippen LogP contribution is -2.26. The number of fused-ring (bicyclic) bond motifs is 4. The molecule has 0 N–H and O–H groups in total. The van der Waals surface area contributed by atoms with Crippen molar-refractivity contribution in [3.05, 3.63) is 111 Å². The van der Waals surface area contributed by atoms with Gasteiger partial charge in [-0.2, -0.15) is 8.75 Å². The SMILES string of the molecule is Cc1ccc(N2c3ccc(-c4cnc(C)s4)cc3C3CCCC32)cc1.[C-]#[N+]/C(C)=C\c1cnc(-c2ccc(C)c3nsnc23)s1. The molecule has 3 aromatic heterocycles. The third-order valence-electron chi connectivity index (χ3n) is 8.61. The van der Waals surface area contributed by atoms with Gasteiger partial charge in [-0.15, -0.1) is 22.7 Å². The van der Waals surface area contributed by atoms with Crippen molar-refractivity contribution in [2.24, 2.45) is 0 Å². The number of allylic oxidation sites excluding steroid dienone is 1. The normalized spacial score (nSPS) is 17.1. The number of rotatable bonds is 4. The molecule has 1 saturated carbocycles. The lowest BCUT2D eigenvalue weighted by atomic mass is 9.96. The summed E-state index contributed by atoms with van der Waals surface area (Å²) in [6, 6.07) is 20.7. The van der Waals surface area contributed by atoms with Crippen LogP contribution in [-0.2, 0) is 0 Å². The predicted molar refractivity (Wildman–Crippen MR) is 189 cm³/mol. The Balaban J connectivity index is 0.000000149. The standard InChI is InChI=1S/C22H22N2S.C14H10N4S2/c1-14-6-9-17(10-7-14)24-20-5-3-4-18(20)19-12-16(8-11-21(19)24)22-13-23-15(2)25-22;1-8-4-5-11(13-12(8)17-20-18-13)14-16-7-10(19-14)6-9(2)15-3/h6-13,18,20H,3-5H2,1-2H3;4-7H,1-2H3/b;9-6-. The molecule has 6 nitrogen and oxygen atoms in total. The fraction of sp³-hybridized carbons (Fsp3) is 0.250. The van der Waals surface area contributed by atoms with Crippen LogP contribution in [0.2, 0.25) is 0 Å². The Morgan fingerprint density at radius 2 is 1.76 bits per heavy atom. The van der Waals surface area contributed by atoms with Crippen molar-refractivity contribution in [1.29, 1.82) is 0 Å². The molecule has 2 aliphatic rings. The maximum Gasteiger partial charge on any atom is 0.164 e. The first-order valence-electron chi connectivity index (χ1n) is 15.1. The fourth-order valence-corrected chi connectivity index (χ4v) is 8.76. The summed E-state index contributed by atoms with van der Waals surface area (Å²) in [6.07, 6.45) is 9.59. The van der Waals surface area contributed by atoms with Gasteiger partial charge in [0.2, 0.25) is 0 Å². The molecule has 2 unspecified atom stereocenters. The Morgan fingerprint density at radius 1 is 0.933 bits per heavy atom. The summed E-state index contributed by atoms with van der Waals surface area (Å²) in [4.78, 5) is 17.1. The highest BCUT2D eigenvalue weighted by atomic mass is 32.1. The highest BCUT2D eigenvalue weighted by molar-refractivity contribution is 7.16. The molecule has 224 valence electrons. The number of benzene rings is 3. The second-order valence-electron chi connectivity index (χ2n) is 11.7. The van der Waals surface area contributed by atoms with E-state index in [0.717, 1.165) is 37.1 Å². The van der Waals surface area contributed by atoms with Crippen molar-refractivity contribution in [3.63, 3.8) is 0 Å². The summed E-state index contributed by atoms with van der Waals surface area (Å²) in [6.45, 7) is 15.0. The Hall–Kier alpha value is -4.23. The molecule has 45 heavy (non-hydrogen) atoms. The van der Waals surface area contributed by atoms with Gasteiger partial charge in [-0.25, -0.2) is 14.8 Å². The molecule has 1 fully saturated rings. The Bertz CT molecular complexity index is 2080. The van der Waals surface area contributed by atoms with Gasteiger partial charge in [0.25, 0.3) is 0 Å². The molecule has 4 heterocycles. The molecule has 0 bridgehead atoms. The van der Waals surface area contributed by atoms with Gasteiger partial charge in [0.1, 0.15) is 16.0 Å². The number of aromatic nitrogens is 4. The highest BCUT2D eigenvalue weighted by Gasteiger charge is 2.42. The molecule has 1 aliphatic carbocycles. The molecule has 0 spiro atoms. The van der Waals surface area contributed by atoms with E-state index >= 15 is 0 Å². The number of aryl methyl sites for hydroxylation is 3. The van der Waals surface area contributed by atoms with Gasteiger partial charge in [0, 0.05) is 46.2 Å². The number of nitrogens with zero attached hydrogens (tertiary/aromatic N) is 6. The maximum atomic E-state index is 6.96. The van der Waals surface area contributed by atoms with Crippen molar-refractivity contribution in [2.75, 3.05) is 4.90 Å². The molecular formula is C36H32N6S3. The number of anilines is 2. The van der Waals surface area contributed by atoms with Gasteiger partial charge in [-0.3, -0.25) is 0 Å². The molecule has 0 amide bonds. The average Bonchev–Trinajstić information content (AvgIpc) is 3.88. The third-order valence-corrected chi connectivity index (χ3v) is 11.1. The van der Waals surface area contributed by atoms with Crippen LogP contribution >= 0.6 is 34.4 Å². The van der Waals surface area contributed by atoms with Crippen molar-refractivity contribution in [2.45, 2.75) is 58.9 Å². The first-order chi connectivity index (χ1) is 21.9. The summed E-state index contributed by atoms with van der Waals surface area (Å²) >= 11 is 4.57. The van der Waals surface area contributed by atoms with Crippen molar-refractivity contribution < 1.29 is 0 Å². The number of thiazole rings is 2. The first-order valence-corrected chi connectivity index (χ1v) is 17.4. The Kier molecular flexibility index (Phi) is 8.04. The van der Waals surface area contributed by atoms with E-state index in [-0.39, 0.29) is 0 Å². The predicted octanol–water partition coefficient (Wildman–Crippen LogP) is 10.6. The summed E-state index contributed by atoms with van der Waals surface area (Å²) in [5.74, 6) is 0.672. The van der Waals surface area contributed by atoms with Gasteiger partial charge in [-0.1, -0.05) is 36.2 Å². The van der Waals surface area contributed by atoms with Gasteiger partial charge < -0.3 is 4.90 Å². The van der Waals surface area contributed by atoms with Crippen LogP contribution in [0, 0.1) is 27.3 Å². The summed E-state index contributed by atoms with van der Waals surface area (Å²) in [7, 11) is 0. The van der Waals surface area contributed by atoms with Crippen LogP contribution in [0.5, 0.6) is 0 Å². The topological polar surface area (TPSA) is 59.2 Å². The maximum absolute atomic E-state index is 6.96. The monoisotopic (exact) mass is 644 g/mol. The quantitative estimate of drug-likeness (QED) is 0.179. The minimum atomic E-state index is 0.621. The molecular weight excluding hydrogens is 613 g/mol. The van der Waals surface area contributed by atoms with Gasteiger partial charge in [-0.05, 0) is 93.6 Å². The van der Waals surface area contributed by atoms with Crippen LogP contribution in [0.4, 0.5) is 11.4 Å². The second kappa shape index (κ2) is 12.3. The van der Waals surface area contributed by atoms with E-state index in [2.05, 4.69) is 84.8 Å². The number of hydrogen-bond donors (Lipinski definition) is 0. The van der Waals surface area contributed by atoms with E-state index < -0.39 is 0 Å². The van der Waals surface area contributed by atoms with E-state index in [4.69, 9.17) is 6.57 Å². The largest absolute Gasteiger partial charge is 0.338 e. The van der Waals surface area contributed by atoms with Crippen LogP contribution < -0.4 is 4.90 Å². The summed E-state index contributed by atoms with van der Waals surface area (Å²) in [5.41, 5.74) is 11.5. The van der Waals surface area contributed by atoms with Gasteiger partial charge in [0.15, 0.2) is 5.70 Å². The Labute approximate surface area is 275 Å². The zero-order valence-corrected chi connectivity index (χ0v) is 28.1. The first kappa shape index (κ1) is 29.5. The fourth-order valence-electron chi connectivity index (χ4n) is 6.42. The minimum absolute atomic E-state index is 0.621. The lowest BCUT2D eigenvalue weighted by Gasteiger charge is -2.27. The van der Waals surface area contributed by atoms with Crippen molar-refractivity contribution >= 4 is 62.9 Å². The molecule has 0 saturated heterocycles. The third kappa shape index (κ3) is 5.70. The number of hydrogen-bond acceptors (Lipinski definition) is 8. The average molecular weight is 645 g/mol. The van der Waals surface area contributed by atoms with Crippen LogP contribution in [-0.4, -0.2) is 24.8 Å². The van der Waals surface area contributed by atoms with E-state index in [1.54, 1.807) is 35.8 Å². The van der Waals surface area contributed by atoms with Crippen LogP contribution in [0.15, 0.2) is 72.7 Å². The lowest BCUT2D eigenvalue weighted by molar-refractivity contribution is 0.642. The van der Waals surface area contributed by atoms with Gasteiger partial charge >= 0.3 is 0 Å². The molecule has 6 aromatic rings. The molecule has 1 aliphatic heterocycles.